The molecule has 1 aliphatic heterocycles. The molecule has 0 saturated carbocycles. The number of rotatable bonds is 4. The fourth-order valence-corrected chi connectivity index (χ4v) is 3.61. The first kappa shape index (κ1) is 19.1. The van der Waals surface area contributed by atoms with Crippen molar-refractivity contribution < 1.29 is 9.72 Å². The molecule has 0 aliphatic carbocycles. The van der Waals surface area contributed by atoms with Gasteiger partial charge >= 0.3 is 0 Å². The van der Waals surface area contributed by atoms with Gasteiger partial charge in [-0.05, 0) is 36.4 Å². The van der Waals surface area contributed by atoms with E-state index >= 15 is 0 Å². The molecule has 0 spiro atoms. The Balaban J connectivity index is 1.50. The molecule has 1 saturated heterocycles. The summed E-state index contributed by atoms with van der Waals surface area (Å²) in [5.41, 5.74) is 1.81. The number of halogens is 1. The maximum atomic E-state index is 12.7. The van der Waals surface area contributed by atoms with Gasteiger partial charge < -0.3 is 9.80 Å². The van der Waals surface area contributed by atoms with Crippen molar-refractivity contribution in [1.29, 1.82) is 0 Å². The van der Waals surface area contributed by atoms with Gasteiger partial charge in [-0.3, -0.25) is 19.5 Å². The van der Waals surface area contributed by atoms with Crippen LogP contribution in [0.1, 0.15) is 10.4 Å². The lowest BCUT2D eigenvalue weighted by Gasteiger charge is -2.36. The van der Waals surface area contributed by atoms with Gasteiger partial charge in [0.2, 0.25) is 0 Å². The molecule has 2 aromatic carbocycles. The average molecular weight is 457 g/mol. The molecule has 29 heavy (non-hydrogen) atoms. The molecule has 1 amide bonds. The summed E-state index contributed by atoms with van der Waals surface area (Å²) >= 11 is 3.37. The van der Waals surface area contributed by atoms with Crippen molar-refractivity contribution in [3.8, 4) is 5.69 Å². The number of nitrogens with zero attached hydrogens (tertiary/aromatic N) is 6. The monoisotopic (exact) mass is 456 g/mol. The minimum Gasteiger partial charge on any atom is -0.362 e. The summed E-state index contributed by atoms with van der Waals surface area (Å²) in [4.78, 5) is 27.6. The quantitative estimate of drug-likeness (QED) is 0.442. The van der Waals surface area contributed by atoms with Crippen LogP contribution in [0.5, 0.6) is 0 Å². The zero-order valence-corrected chi connectivity index (χ0v) is 16.9. The molecular weight excluding hydrogens is 440 g/mol. The van der Waals surface area contributed by atoms with E-state index in [0.717, 1.165) is 4.47 Å². The first-order chi connectivity index (χ1) is 14.0. The molecule has 2 heterocycles. The number of carbonyl (C=O) groups excluding carboxylic acids is 1. The number of nitro benzene ring substituents is 1. The molecule has 148 valence electrons. The number of amides is 1. The molecule has 1 aromatic heterocycles. The summed E-state index contributed by atoms with van der Waals surface area (Å²) in [5.74, 6) is -0.0328. The molecule has 3 aromatic rings. The van der Waals surface area contributed by atoms with Crippen molar-refractivity contribution in [2.24, 2.45) is 0 Å². The summed E-state index contributed by atoms with van der Waals surface area (Å²) in [6.45, 7) is 2.04. The summed E-state index contributed by atoms with van der Waals surface area (Å²) in [7, 11) is 0. The van der Waals surface area contributed by atoms with Gasteiger partial charge in [0.05, 0.1) is 10.6 Å². The molecule has 0 unspecified atom stereocenters. The molecule has 0 atom stereocenters. The van der Waals surface area contributed by atoms with Gasteiger partial charge in [0, 0.05) is 42.3 Å². The van der Waals surface area contributed by atoms with Gasteiger partial charge in [0.15, 0.2) is 0 Å². The first-order valence-electron chi connectivity index (χ1n) is 8.96. The van der Waals surface area contributed by atoms with Gasteiger partial charge in [-0.15, -0.1) is 10.2 Å². The number of anilines is 1. The Morgan fingerprint density at radius 3 is 2.28 bits per heavy atom. The second-order valence-electron chi connectivity index (χ2n) is 6.59. The largest absolute Gasteiger partial charge is 0.362 e. The highest BCUT2D eigenvalue weighted by molar-refractivity contribution is 9.10. The van der Waals surface area contributed by atoms with E-state index in [0.29, 0.717) is 43.1 Å². The lowest BCUT2D eigenvalue weighted by molar-refractivity contribution is -0.384. The standard InChI is InChI=1S/C19H17BrN6O3/c20-15-3-1-14(2-4-15)19(27)24-9-7-23(8-10-24)17-6-5-16(11-18(17)26(28)29)25-12-21-22-13-25/h1-6,11-13H,7-10H2. The number of piperazine rings is 1. The minimum atomic E-state index is -0.386. The van der Waals surface area contributed by atoms with Crippen molar-refractivity contribution >= 4 is 33.2 Å². The Kier molecular flexibility index (Phi) is 5.26. The van der Waals surface area contributed by atoms with Crippen molar-refractivity contribution in [2.75, 3.05) is 31.1 Å². The second-order valence-corrected chi connectivity index (χ2v) is 7.50. The van der Waals surface area contributed by atoms with Gasteiger partial charge in [-0.2, -0.15) is 0 Å². The van der Waals surface area contributed by atoms with E-state index in [-0.39, 0.29) is 16.5 Å². The number of nitro groups is 1. The molecule has 0 bridgehead atoms. The highest BCUT2D eigenvalue weighted by Crippen LogP contribution is 2.31. The Morgan fingerprint density at radius 2 is 1.66 bits per heavy atom. The Morgan fingerprint density at radius 1 is 1.00 bits per heavy atom. The van der Waals surface area contributed by atoms with Gasteiger partial charge in [0.25, 0.3) is 11.6 Å². The molecule has 10 heteroatoms. The van der Waals surface area contributed by atoms with E-state index in [2.05, 4.69) is 26.1 Å². The van der Waals surface area contributed by atoms with E-state index in [4.69, 9.17) is 0 Å². The number of carbonyl (C=O) groups is 1. The zero-order valence-electron chi connectivity index (χ0n) is 15.3. The Hall–Kier alpha value is -3.27. The van der Waals surface area contributed by atoms with E-state index in [9.17, 15) is 14.9 Å². The van der Waals surface area contributed by atoms with Crippen molar-refractivity contribution in [3.63, 3.8) is 0 Å². The smallest absolute Gasteiger partial charge is 0.294 e. The van der Waals surface area contributed by atoms with Crippen molar-refractivity contribution in [2.45, 2.75) is 0 Å². The summed E-state index contributed by atoms with van der Waals surface area (Å²) in [6.07, 6.45) is 2.98. The van der Waals surface area contributed by atoms with E-state index in [1.54, 1.807) is 33.7 Å². The highest BCUT2D eigenvalue weighted by atomic mass is 79.9. The molecule has 0 N–H and O–H groups in total. The number of aromatic nitrogens is 3. The summed E-state index contributed by atoms with van der Waals surface area (Å²) in [5, 5.41) is 19.1. The summed E-state index contributed by atoms with van der Waals surface area (Å²) in [6, 6.07) is 12.3. The van der Waals surface area contributed by atoms with Crippen LogP contribution in [-0.4, -0.2) is 56.7 Å². The minimum absolute atomic E-state index is 0.0175. The fraction of sp³-hybridized carbons (Fsp3) is 0.211. The molecule has 9 nitrogen and oxygen atoms in total. The van der Waals surface area contributed by atoms with Gasteiger partial charge in [-0.25, -0.2) is 0 Å². The van der Waals surface area contributed by atoms with Crippen LogP contribution < -0.4 is 4.90 Å². The number of hydrogen-bond donors (Lipinski definition) is 0. The first-order valence-corrected chi connectivity index (χ1v) is 9.75. The van der Waals surface area contributed by atoms with Crippen LogP contribution in [0.15, 0.2) is 59.6 Å². The molecule has 0 radical (unpaired) electrons. The zero-order chi connectivity index (χ0) is 20.4. The molecule has 4 rings (SSSR count). The van der Waals surface area contributed by atoms with Crippen molar-refractivity contribution in [3.05, 3.63) is 75.3 Å². The average Bonchev–Trinajstić information content (AvgIpc) is 3.28. The third-order valence-corrected chi connectivity index (χ3v) is 5.40. The lowest BCUT2D eigenvalue weighted by Crippen LogP contribution is -2.49. The van der Waals surface area contributed by atoms with Crippen LogP contribution in [-0.2, 0) is 0 Å². The number of hydrogen-bond acceptors (Lipinski definition) is 6. The summed E-state index contributed by atoms with van der Waals surface area (Å²) < 4.78 is 2.53. The van der Waals surface area contributed by atoms with Crippen molar-refractivity contribution in [1.82, 2.24) is 19.7 Å². The molecule has 1 fully saturated rings. The van der Waals surface area contributed by atoms with Crippen LogP contribution in [0.3, 0.4) is 0 Å². The highest BCUT2D eigenvalue weighted by Gasteiger charge is 2.26. The maximum Gasteiger partial charge on any atom is 0.294 e. The fourth-order valence-electron chi connectivity index (χ4n) is 3.35. The topological polar surface area (TPSA) is 97.4 Å². The molecular formula is C19H17BrN6O3. The molecule has 1 aliphatic rings. The Labute approximate surface area is 174 Å². The van der Waals surface area contributed by atoms with Crippen LogP contribution >= 0.6 is 15.9 Å². The van der Waals surface area contributed by atoms with Gasteiger partial charge in [0.1, 0.15) is 18.3 Å². The third kappa shape index (κ3) is 3.97. The van der Waals surface area contributed by atoms with Crippen LogP contribution in [0.25, 0.3) is 5.69 Å². The van der Waals surface area contributed by atoms with Crippen LogP contribution in [0.4, 0.5) is 11.4 Å². The predicted octanol–water partition coefficient (Wildman–Crippen LogP) is 2.90. The maximum absolute atomic E-state index is 12.7. The SMILES string of the molecule is O=C(c1ccc(Br)cc1)N1CCN(c2ccc(-n3cnnc3)cc2[N+](=O)[O-])CC1. The lowest BCUT2D eigenvalue weighted by atomic mass is 10.1. The number of benzene rings is 2. The van der Waals surface area contributed by atoms with E-state index in [1.165, 1.54) is 18.7 Å². The Bertz CT molecular complexity index is 1030. The van der Waals surface area contributed by atoms with E-state index in [1.807, 2.05) is 17.0 Å². The van der Waals surface area contributed by atoms with Gasteiger partial charge in [-0.1, -0.05) is 15.9 Å². The second kappa shape index (κ2) is 8.00. The third-order valence-electron chi connectivity index (χ3n) is 4.87. The van der Waals surface area contributed by atoms with E-state index < -0.39 is 0 Å². The predicted molar refractivity (Wildman–Crippen MR) is 110 cm³/mol. The van der Waals surface area contributed by atoms with Crippen LogP contribution in [0.2, 0.25) is 0 Å². The normalized spacial score (nSPS) is 14.1. The van der Waals surface area contributed by atoms with Crippen LogP contribution in [0, 0.1) is 10.1 Å².